The number of aliphatic carboxylic acids is 1. The number of piperazine rings is 1. The molecule has 11 heteroatoms. The van der Waals surface area contributed by atoms with E-state index in [1.54, 1.807) is 0 Å². The Hall–Kier alpha value is -2.66. The largest absolute Gasteiger partial charge is 0.490 e. The van der Waals surface area contributed by atoms with Crippen LogP contribution in [0.5, 0.6) is 0 Å². The van der Waals surface area contributed by atoms with Crippen LogP contribution in [0.2, 0.25) is 0 Å². The Bertz CT molecular complexity index is 842. The van der Waals surface area contributed by atoms with E-state index in [0.717, 1.165) is 51.3 Å². The van der Waals surface area contributed by atoms with Crippen LogP contribution in [0.1, 0.15) is 42.1 Å². The van der Waals surface area contributed by atoms with Crippen LogP contribution in [0.3, 0.4) is 0 Å². The Kier molecular flexibility index (Phi) is 11.0. The van der Waals surface area contributed by atoms with Crippen LogP contribution in [0.15, 0.2) is 24.3 Å². The van der Waals surface area contributed by atoms with E-state index < -0.39 is 12.1 Å². The Balaban J connectivity index is 0.000000540. The summed E-state index contributed by atoms with van der Waals surface area (Å²) in [5, 5.41) is 10.4. The number of carbonyl (C=O) groups is 3. The molecule has 1 unspecified atom stereocenters. The summed E-state index contributed by atoms with van der Waals surface area (Å²) < 4.78 is 31.7. The van der Waals surface area contributed by atoms with Crippen molar-refractivity contribution in [2.75, 3.05) is 52.4 Å². The number of aryl methyl sites for hydroxylation is 1. The molecule has 2 aliphatic rings. The van der Waals surface area contributed by atoms with E-state index in [2.05, 4.69) is 17.1 Å². The summed E-state index contributed by atoms with van der Waals surface area (Å²) in [7, 11) is 0. The molecule has 8 nitrogen and oxygen atoms in total. The van der Waals surface area contributed by atoms with Gasteiger partial charge in [-0.1, -0.05) is 24.6 Å². The standard InChI is InChI=1S/C22H34N4O2.C2HF3O2/c1-3-24-13-4-5-20(24)17-26(22(28)19-8-6-18(2)7-9-19)14-10-21(27)25-15-11-23-12-16-25;3-2(4,5)1(6)7/h6-9,20,23H,3-5,10-17H2,1-2H3;(H,6,7). The third-order valence-corrected chi connectivity index (χ3v) is 6.23. The van der Waals surface area contributed by atoms with Gasteiger partial charge in [-0.25, -0.2) is 4.79 Å². The molecule has 0 spiro atoms. The first-order valence-electron chi connectivity index (χ1n) is 11.9. The lowest BCUT2D eigenvalue weighted by Crippen LogP contribution is -2.48. The molecule has 2 N–H and O–H groups in total. The Morgan fingerprint density at radius 1 is 1.11 bits per heavy atom. The van der Waals surface area contributed by atoms with Gasteiger partial charge in [-0.05, 0) is 45.0 Å². The van der Waals surface area contributed by atoms with Gasteiger partial charge in [0, 0.05) is 57.3 Å². The molecule has 2 heterocycles. The van der Waals surface area contributed by atoms with Crippen molar-refractivity contribution >= 4 is 17.8 Å². The molecular formula is C24H35F3N4O4. The summed E-state index contributed by atoms with van der Waals surface area (Å²) >= 11 is 0. The summed E-state index contributed by atoms with van der Waals surface area (Å²) in [6.07, 6.45) is -2.38. The first kappa shape index (κ1) is 28.6. The second-order valence-electron chi connectivity index (χ2n) is 8.73. The molecule has 3 rings (SSSR count). The van der Waals surface area contributed by atoms with Gasteiger partial charge in [-0.15, -0.1) is 0 Å². The third kappa shape index (κ3) is 9.14. The van der Waals surface area contributed by atoms with Crippen LogP contribution in [0.25, 0.3) is 0 Å². The molecule has 0 bridgehead atoms. The highest BCUT2D eigenvalue weighted by Crippen LogP contribution is 2.19. The topological polar surface area (TPSA) is 93.2 Å². The third-order valence-electron chi connectivity index (χ3n) is 6.23. The maximum atomic E-state index is 13.2. The average Bonchev–Trinajstić information content (AvgIpc) is 3.29. The van der Waals surface area contributed by atoms with Crippen LogP contribution >= 0.6 is 0 Å². The van der Waals surface area contributed by atoms with Crippen LogP contribution in [-0.2, 0) is 9.59 Å². The molecule has 2 fully saturated rings. The van der Waals surface area contributed by atoms with Crippen LogP contribution in [-0.4, -0.2) is 102 Å². The molecule has 0 aromatic heterocycles. The number of rotatable bonds is 7. The first-order valence-corrected chi connectivity index (χ1v) is 11.9. The Morgan fingerprint density at radius 3 is 2.26 bits per heavy atom. The second kappa shape index (κ2) is 13.4. The van der Waals surface area contributed by atoms with Crippen molar-refractivity contribution in [2.24, 2.45) is 0 Å². The van der Waals surface area contributed by atoms with Gasteiger partial charge in [-0.3, -0.25) is 14.5 Å². The summed E-state index contributed by atoms with van der Waals surface area (Å²) in [4.78, 5) is 41.0. The number of hydrogen-bond donors (Lipinski definition) is 2. The van der Waals surface area contributed by atoms with Crippen molar-refractivity contribution in [2.45, 2.75) is 45.3 Å². The lowest BCUT2D eigenvalue weighted by molar-refractivity contribution is -0.192. The zero-order valence-electron chi connectivity index (χ0n) is 20.3. The lowest BCUT2D eigenvalue weighted by atomic mass is 10.1. The van der Waals surface area contributed by atoms with Gasteiger partial charge in [0.15, 0.2) is 0 Å². The maximum Gasteiger partial charge on any atom is 0.490 e. The zero-order chi connectivity index (χ0) is 26.0. The molecular weight excluding hydrogens is 465 g/mol. The number of carbonyl (C=O) groups excluding carboxylic acids is 2. The quantitative estimate of drug-likeness (QED) is 0.597. The van der Waals surface area contributed by atoms with Crippen molar-refractivity contribution in [3.05, 3.63) is 35.4 Å². The molecule has 1 aromatic carbocycles. The average molecular weight is 501 g/mol. The van der Waals surface area contributed by atoms with E-state index in [-0.39, 0.29) is 11.8 Å². The normalized spacial score (nSPS) is 18.5. The highest BCUT2D eigenvalue weighted by atomic mass is 19.4. The van der Waals surface area contributed by atoms with Gasteiger partial charge in [0.25, 0.3) is 5.91 Å². The summed E-state index contributed by atoms with van der Waals surface area (Å²) in [5.74, 6) is -2.56. The van der Waals surface area contributed by atoms with Crippen molar-refractivity contribution in [1.29, 1.82) is 0 Å². The van der Waals surface area contributed by atoms with Crippen LogP contribution in [0, 0.1) is 6.92 Å². The molecule has 0 aliphatic carbocycles. The SMILES string of the molecule is CCN1CCCC1CN(CCC(=O)N1CCNCC1)C(=O)c1ccc(C)cc1.O=C(O)C(F)(F)F. The van der Waals surface area contributed by atoms with E-state index >= 15 is 0 Å². The summed E-state index contributed by atoms with van der Waals surface area (Å²) in [5.41, 5.74) is 1.85. The van der Waals surface area contributed by atoms with Crippen molar-refractivity contribution in [3.63, 3.8) is 0 Å². The van der Waals surface area contributed by atoms with Crippen LogP contribution < -0.4 is 5.32 Å². The summed E-state index contributed by atoms with van der Waals surface area (Å²) in [6, 6.07) is 8.15. The van der Waals surface area contributed by atoms with E-state index in [1.165, 1.54) is 6.42 Å². The second-order valence-corrected chi connectivity index (χ2v) is 8.73. The number of carboxylic acids is 1. The highest BCUT2D eigenvalue weighted by Gasteiger charge is 2.38. The van der Waals surface area contributed by atoms with Gasteiger partial charge in [0.2, 0.25) is 5.91 Å². The fourth-order valence-electron chi connectivity index (χ4n) is 4.23. The molecule has 0 saturated carbocycles. The van der Waals surface area contributed by atoms with Crippen molar-refractivity contribution in [3.8, 4) is 0 Å². The number of benzene rings is 1. The van der Waals surface area contributed by atoms with Gasteiger partial charge < -0.3 is 20.2 Å². The molecule has 1 aromatic rings. The number of halogens is 3. The Labute approximate surface area is 204 Å². The number of carboxylic acid groups (broad SMARTS) is 1. The molecule has 196 valence electrons. The zero-order valence-corrected chi connectivity index (χ0v) is 20.3. The highest BCUT2D eigenvalue weighted by molar-refractivity contribution is 5.94. The molecule has 2 saturated heterocycles. The Morgan fingerprint density at radius 2 is 1.71 bits per heavy atom. The van der Waals surface area contributed by atoms with Crippen molar-refractivity contribution < 1.29 is 32.7 Å². The number of likely N-dealkylation sites (N-methyl/N-ethyl adjacent to an activating group) is 1. The smallest absolute Gasteiger partial charge is 0.475 e. The fourth-order valence-corrected chi connectivity index (χ4v) is 4.23. The minimum absolute atomic E-state index is 0.0380. The number of nitrogens with zero attached hydrogens (tertiary/aromatic N) is 3. The molecule has 35 heavy (non-hydrogen) atoms. The van der Waals surface area contributed by atoms with Crippen LogP contribution in [0.4, 0.5) is 13.2 Å². The van der Waals surface area contributed by atoms with Gasteiger partial charge in [0.1, 0.15) is 0 Å². The maximum absolute atomic E-state index is 13.2. The number of hydrogen-bond acceptors (Lipinski definition) is 5. The monoisotopic (exact) mass is 500 g/mol. The fraction of sp³-hybridized carbons (Fsp3) is 0.625. The van der Waals surface area contributed by atoms with Gasteiger partial charge in [0.05, 0.1) is 0 Å². The predicted octanol–water partition coefficient (Wildman–Crippen LogP) is 2.38. The minimum atomic E-state index is -5.08. The van der Waals surface area contributed by atoms with E-state index in [0.29, 0.717) is 31.1 Å². The predicted molar refractivity (Wildman–Crippen MR) is 125 cm³/mol. The number of amides is 2. The molecule has 1 atom stereocenters. The van der Waals surface area contributed by atoms with E-state index in [1.807, 2.05) is 41.0 Å². The molecule has 0 radical (unpaired) electrons. The van der Waals surface area contributed by atoms with E-state index in [9.17, 15) is 22.8 Å². The minimum Gasteiger partial charge on any atom is -0.475 e. The van der Waals surface area contributed by atoms with E-state index in [4.69, 9.17) is 9.90 Å². The molecule has 2 aliphatic heterocycles. The number of alkyl halides is 3. The van der Waals surface area contributed by atoms with Gasteiger partial charge >= 0.3 is 12.1 Å². The number of likely N-dealkylation sites (tertiary alicyclic amines) is 1. The molecule has 2 amide bonds. The van der Waals surface area contributed by atoms with Crippen molar-refractivity contribution in [1.82, 2.24) is 20.0 Å². The first-order chi connectivity index (χ1) is 16.5. The number of nitrogens with one attached hydrogen (secondary N) is 1. The van der Waals surface area contributed by atoms with Gasteiger partial charge in [-0.2, -0.15) is 13.2 Å². The summed E-state index contributed by atoms with van der Waals surface area (Å²) in [6.45, 7) is 10.7. The lowest BCUT2D eigenvalue weighted by Gasteiger charge is -2.32.